The molecule has 1 N–H and O–H groups in total. The van der Waals surface area contributed by atoms with Crippen LogP contribution in [-0.2, 0) is 9.53 Å². The molecule has 0 bridgehead atoms. The first kappa shape index (κ1) is 18.7. The summed E-state index contributed by atoms with van der Waals surface area (Å²) in [7, 11) is 0. The number of rotatable bonds is 11. The minimum atomic E-state index is -0.204. The molecule has 0 radical (unpaired) electrons. The van der Waals surface area contributed by atoms with E-state index in [9.17, 15) is 4.79 Å². The van der Waals surface area contributed by atoms with Crippen molar-refractivity contribution >= 4 is 5.97 Å². The van der Waals surface area contributed by atoms with Gasteiger partial charge in [0.05, 0.1) is 0 Å². The monoisotopic (exact) mass is 305 g/mol. The second-order valence-electron chi connectivity index (χ2n) is 6.00. The van der Waals surface area contributed by atoms with E-state index in [2.05, 4.69) is 43.4 Å². The van der Waals surface area contributed by atoms with E-state index in [0.29, 0.717) is 6.61 Å². The summed E-state index contributed by atoms with van der Waals surface area (Å²) in [6, 6.07) is 10.9. The molecule has 2 atom stereocenters. The summed E-state index contributed by atoms with van der Waals surface area (Å²) in [5.41, 5.74) is 1.27. The van der Waals surface area contributed by atoms with Crippen LogP contribution >= 0.6 is 0 Å². The molecule has 0 saturated heterocycles. The average Bonchev–Trinajstić information content (AvgIpc) is 2.52. The Labute approximate surface area is 135 Å². The molecule has 22 heavy (non-hydrogen) atoms. The second-order valence-corrected chi connectivity index (χ2v) is 6.00. The lowest BCUT2D eigenvalue weighted by Gasteiger charge is -2.23. The number of hydrogen-bond acceptors (Lipinski definition) is 3. The Morgan fingerprint density at radius 2 is 1.82 bits per heavy atom. The van der Waals surface area contributed by atoms with E-state index in [1.807, 2.05) is 6.07 Å². The minimum Gasteiger partial charge on any atom is -0.464 e. The molecule has 124 valence electrons. The highest BCUT2D eigenvalue weighted by Gasteiger charge is 2.14. The van der Waals surface area contributed by atoms with Crippen molar-refractivity contribution in [3.8, 4) is 0 Å². The van der Waals surface area contributed by atoms with Crippen molar-refractivity contribution in [3.63, 3.8) is 0 Å². The first-order valence-corrected chi connectivity index (χ1v) is 8.57. The minimum absolute atomic E-state index is 0.204. The van der Waals surface area contributed by atoms with Gasteiger partial charge in [0.25, 0.3) is 0 Å². The number of nitrogens with one attached hydrogen (secondary N) is 1. The molecule has 3 nitrogen and oxygen atoms in total. The van der Waals surface area contributed by atoms with Crippen LogP contribution in [0, 0.1) is 0 Å². The zero-order chi connectivity index (χ0) is 16.2. The van der Waals surface area contributed by atoms with Crippen LogP contribution in [0.15, 0.2) is 30.3 Å². The number of carbonyl (C=O) groups is 1. The number of ether oxygens (including phenoxy) is 1. The summed E-state index contributed by atoms with van der Waals surface area (Å²) < 4.78 is 5.22. The van der Waals surface area contributed by atoms with E-state index in [1.54, 1.807) is 0 Å². The van der Waals surface area contributed by atoms with Crippen molar-refractivity contribution in [2.75, 3.05) is 6.61 Å². The van der Waals surface area contributed by atoms with Gasteiger partial charge in [-0.1, -0.05) is 69.4 Å². The fourth-order valence-corrected chi connectivity index (χ4v) is 2.62. The van der Waals surface area contributed by atoms with E-state index < -0.39 is 0 Å². The molecule has 0 spiro atoms. The molecule has 0 aromatic heterocycles. The predicted molar refractivity (Wildman–Crippen MR) is 91.8 cm³/mol. The maximum atomic E-state index is 11.1. The number of unbranched alkanes of at least 4 members (excludes halogenated alkanes) is 4. The van der Waals surface area contributed by atoms with Gasteiger partial charge in [0.1, 0.15) is 6.61 Å². The Morgan fingerprint density at radius 1 is 1.14 bits per heavy atom. The summed E-state index contributed by atoms with van der Waals surface area (Å²) in [6.45, 7) is 6.32. The van der Waals surface area contributed by atoms with Crippen LogP contribution in [0.5, 0.6) is 0 Å². The summed E-state index contributed by atoms with van der Waals surface area (Å²) in [6.07, 6.45) is 7.36. The highest BCUT2D eigenvalue weighted by Crippen LogP contribution is 2.15. The third kappa shape index (κ3) is 8.18. The Balaban J connectivity index is 2.44. The van der Waals surface area contributed by atoms with Crippen molar-refractivity contribution in [3.05, 3.63) is 35.9 Å². The molecular weight excluding hydrogens is 274 g/mol. The quantitative estimate of drug-likeness (QED) is 0.478. The number of benzene rings is 1. The van der Waals surface area contributed by atoms with Gasteiger partial charge < -0.3 is 10.1 Å². The topological polar surface area (TPSA) is 38.3 Å². The van der Waals surface area contributed by atoms with E-state index in [0.717, 1.165) is 6.42 Å². The molecule has 0 aliphatic heterocycles. The number of hydrogen-bond donors (Lipinski definition) is 1. The maximum absolute atomic E-state index is 11.1. The van der Waals surface area contributed by atoms with Crippen LogP contribution < -0.4 is 5.32 Å². The summed E-state index contributed by atoms with van der Waals surface area (Å²) in [5.74, 6) is -0.204. The van der Waals surface area contributed by atoms with Crippen LogP contribution in [0.2, 0.25) is 0 Å². The van der Waals surface area contributed by atoms with Gasteiger partial charge in [-0.3, -0.25) is 4.79 Å². The van der Waals surface area contributed by atoms with Gasteiger partial charge in [0.2, 0.25) is 0 Å². The predicted octanol–water partition coefficient (Wildman–Crippen LogP) is 4.63. The molecule has 0 fully saturated rings. The molecule has 0 aliphatic carbocycles. The fraction of sp³-hybridized carbons (Fsp3) is 0.632. The van der Waals surface area contributed by atoms with Crippen LogP contribution in [0.1, 0.15) is 70.9 Å². The van der Waals surface area contributed by atoms with Crippen molar-refractivity contribution in [2.45, 2.75) is 71.4 Å². The SMILES string of the molecule is CCCCCCCC(COC(C)=O)N[C@H](C)c1ccccc1. The number of esters is 1. The van der Waals surface area contributed by atoms with Crippen molar-refractivity contribution in [1.82, 2.24) is 5.32 Å². The molecule has 0 heterocycles. The number of carbonyl (C=O) groups excluding carboxylic acids is 1. The fourth-order valence-electron chi connectivity index (χ4n) is 2.62. The Morgan fingerprint density at radius 3 is 2.45 bits per heavy atom. The van der Waals surface area contributed by atoms with Gasteiger partial charge in [-0.05, 0) is 18.9 Å². The molecule has 0 amide bonds. The van der Waals surface area contributed by atoms with Crippen LogP contribution in [0.3, 0.4) is 0 Å². The molecule has 1 aromatic carbocycles. The molecule has 0 saturated carbocycles. The molecule has 1 unspecified atom stereocenters. The smallest absolute Gasteiger partial charge is 0.302 e. The lowest BCUT2D eigenvalue weighted by atomic mass is 10.0. The van der Waals surface area contributed by atoms with Crippen molar-refractivity contribution in [2.24, 2.45) is 0 Å². The molecule has 1 rings (SSSR count). The highest BCUT2D eigenvalue weighted by molar-refractivity contribution is 5.65. The Kier molecular flexibility index (Phi) is 9.56. The highest BCUT2D eigenvalue weighted by atomic mass is 16.5. The first-order chi connectivity index (χ1) is 10.6. The lowest BCUT2D eigenvalue weighted by Crippen LogP contribution is -2.36. The van der Waals surface area contributed by atoms with Crippen LogP contribution in [-0.4, -0.2) is 18.6 Å². The molecule has 0 aliphatic rings. The van der Waals surface area contributed by atoms with E-state index in [1.165, 1.54) is 44.6 Å². The largest absolute Gasteiger partial charge is 0.464 e. The Hall–Kier alpha value is -1.35. The third-order valence-corrected chi connectivity index (χ3v) is 3.93. The lowest BCUT2D eigenvalue weighted by molar-refractivity contribution is -0.141. The molecule has 1 aromatic rings. The van der Waals surface area contributed by atoms with Gasteiger partial charge in [-0.2, -0.15) is 0 Å². The third-order valence-electron chi connectivity index (χ3n) is 3.93. The van der Waals surface area contributed by atoms with Gasteiger partial charge in [-0.25, -0.2) is 0 Å². The zero-order valence-corrected chi connectivity index (χ0v) is 14.3. The average molecular weight is 305 g/mol. The van der Waals surface area contributed by atoms with Crippen LogP contribution in [0.4, 0.5) is 0 Å². The molecular formula is C19H31NO2. The van der Waals surface area contributed by atoms with E-state index in [4.69, 9.17) is 4.74 Å². The summed E-state index contributed by atoms with van der Waals surface area (Å²) >= 11 is 0. The summed E-state index contributed by atoms with van der Waals surface area (Å²) in [4.78, 5) is 11.1. The van der Waals surface area contributed by atoms with E-state index in [-0.39, 0.29) is 18.1 Å². The standard InChI is InChI=1S/C19H31NO2/c1-4-5-6-7-11-14-19(15-22-17(3)21)20-16(2)18-12-9-8-10-13-18/h8-10,12-13,16,19-20H,4-7,11,14-15H2,1-3H3/t16-,19?/m1/s1. The Bertz CT molecular complexity index is 405. The van der Waals surface area contributed by atoms with Crippen LogP contribution in [0.25, 0.3) is 0 Å². The van der Waals surface area contributed by atoms with Gasteiger partial charge in [-0.15, -0.1) is 0 Å². The second kappa shape index (κ2) is 11.2. The van der Waals surface area contributed by atoms with Gasteiger partial charge in [0.15, 0.2) is 0 Å². The van der Waals surface area contributed by atoms with E-state index >= 15 is 0 Å². The maximum Gasteiger partial charge on any atom is 0.302 e. The molecule has 3 heteroatoms. The first-order valence-electron chi connectivity index (χ1n) is 8.57. The summed E-state index contributed by atoms with van der Waals surface area (Å²) in [5, 5.41) is 3.60. The normalized spacial score (nSPS) is 13.6. The van der Waals surface area contributed by atoms with Crippen molar-refractivity contribution in [1.29, 1.82) is 0 Å². The van der Waals surface area contributed by atoms with Gasteiger partial charge >= 0.3 is 5.97 Å². The van der Waals surface area contributed by atoms with Gasteiger partial charge in [0, 0.05) is 19.0 Å². The van der Waals surface area contributed by atoms with Crippen molar-refractivity contribution < 1.29 is 9.53 Å². The zero-order valence-electron chi connectivity index (χ0n) is 14.3.